The normalized spacial score (nSPS) is 22.4. The van der Waals surface area contributed by atoms with Crippen LogP contribution in [0.5, 0.6) is 0 Å². The van der Waals surface area contributed by atoms with Gasteiger partial charge in [-0.25, -0.2) is 10.9 Å². The van der Waals surface area contributed by atoms with E-state index in [1.807, 2.05) is 29.2 Å². The Balaban J connectivity index is 1.35. The third-order valence-electron chi connectivity index (χ3n) is 5.18. The lowest BCUT2D eigenvalue weighted by Crippen LogP contribution is -2.57. The summed E-state index contributed by atoms with van der Waals surface area (Å²) in [6.07, 6.45) is -0.261. The number of hydrazine groups is 2. The van der Waals surface area contributed by atoms with Crippen molar-refractivity contribution < 1.29 is 4.79 Å². The Hall–Kier alpha value is -2.32. The van der Waals surface area contributed by atoms with Crippen LogP contribution in [0.1, 0.15) is 5.56 Å². The fourth-order valence-corrected chi connectivity index (χ4v) is 3.75. The van der Waals surface area contributed by atoms with Crippen molar-refractivity contribution in [2.45, 2.75) is 19.1 Å². The minimum absolute atomic E-state index is 0.0767. The van der Waals surface area contributed by atoms with Crippen molar-refractivity contribution in [3.63, 3.8) is 0 Å². The lowest BCUT2D eigenvalue weighted by atomic mass is 10.1. The van der Waals surface area contributed by atoms with Crippen molar-refractivity contribution >= 4 is 28.9 Å². The molecule has 0 saturated carbocycles. The molecule has 2 aromatic rings. The fraction of sp³-hybridized carbons (Fsp3) is 0.350. The minimum Gasteiger partial charge on any atom is -0.368 e. The number of rotatable bonds is 4. The molecule has 4 N–H and O–H groups in total. The van der Waals surface area contributed by atoms with Crippen molar-refractivity contribution in [1.82, 2.24) is 21.3 Å². The van der Waals surface area contributed by atoms with Crippen molar-refractivity contribution in [2.75, 3.05) is 36.4 Å². The number of benzene rings is 2. The van der Waals surface area contributed by atoms with Gasteiger partial charge in [0.05, 0.1) is 0 Å². The van der Waals surface area contributed by atoms with E-state index >= 15 is 0 Å². The molecular formula is C20H25ClN6O. The Morgan fingerprint density at radius 1 is 1.07 bits per heavy atom. The van der Waals surface area contributed by atoms with E-state index in [4.69, 9.17) is 11.6 Å². The molecule has 0 radical (unpaired) electrons. The molecule has 2 aliphatic rings. The van der Waals surface area contributed by atoms with Crippen LogP contribution < -0.4 is 26.6 Å². The summed E-state index contributed by atoms with van der Waals surface area (Å²) < 4.78 is 0. The summed E-state index contributed by atoms with van der Waals surface area (Å²) in [5, 5.41) is 4.01. The number of piperazine rings is 1. The molecule has 2 aliphatic heterocycles. The first-order valence-electron chi connectivity index (χ1n) is 9.49. The number of hydrogen-bond donors (Lipinski definition) is 4. The van der Waals surface area contributed by atoms with E-state index in [1.54, 1.807) is 0 Å². The van der Waals surface area contributed by atoms with Crippen LogP contribution in [0.15, 0.2) is 48.5 Å². The molecule has 148 valence electrons. The first-order valence-corrected chi connectivity index (χ1v) is 9.86. The van der Waals surface area contributed by atoms with Gasteiger partial charge >= 0.3 is 0 Å². The highest BCUT2D eigenvalue weighted by molar-refractivity contribution is 6.30. The second-order valence-electron chi connectivity index (χ2n) is 7.17. The van der Waals surface area contributed by atoms with Gasteiger partial charge in [-0.05, 0) is 48.9 Å². The molecule has 2 heterocycles. The van der Waals surface area contributed by atoms with Crippen molar-refractivity contribution in [3.05, 3.63) is 59.1 Å². The number of nitrogens with zero attached hydrogens (tertiary/aromatic N) is 2. The number of carbonyl (C=O) groups is 1. The molecular weight excluding hydrogens is 376 g/mol. The summed E-state index contributed by atoms with van der Waals surface area (Å²) >= 11 is 5.94. The third-order valence-corrected chi connectivity index (χ3v) is 5.43. The molecule has 2 unspecified atom stereocenters. The molecule has 1 amide bonds. The van der Waals surface area contributed by atoms with Crippen LogP contribution in [0, 0.1) is 6.92 Å². The number of nitrogens with one attached hydrogen (secondary N) is 4. The Labute approximate surface area is 170 Å². The van der Waals surface area contributed by atoms with E-state index in [-0.39, 0.29) is 12.1 Å². The van der Waals surface area contributed by atoms with Crippen LogP contribution in [0.4, 0.5) is 11.4 Å². The zero-order chi connectivity index (χ0) is 19.5. The van der Waals surface area contributed by atoms with Gasteiger partial charge in [-0.1, -0.05) is 23.7 Å². The SMILES string of the molecule is Cc1cccc(N2CCN(C(=O)C3NNNC3Nc3ccc(Cl)cc3)CC2)c1. The van der Waals surface area contributed by atoms with Crippen LogP contribution in [0.2, 0.25) is 5.02 Å². The van der Waals surface area contributed by atoms with Gasteiger partial charge in [0.15, 0.2) is 0 Å². The van der Waals surface area contributed by atoms with Gasteiger partial charge in [0.1, 0.15) is 12.2 Å². The maximum Gasteiger partial charge on any atom is 0.244 e. The number of amides is 1. The molecule has 4 rings (SSSR count). The summed E-state index contributed by atoms with van der Waals surface area (Å²) in [7, 11) is 0. The zero-order valence-electron chi connectivity index (χ0n) is 15.8. The fourth-order valence-electron chi connectivity index (χ4n) is 3.62. The maximum atomic E-state index is 13.1. The molecule has 0 aromatic heterocycles. The average Bonchev–Trinajstić information content (AvgIpc) is 3.17. The largest absolute Gasteiger partial charge is 0.368 e. The molecule has 0 bridgehead atoms. The molecule has 2 saturated heterocycles. The smallest absolute Gasteiger partial charge is 0.244 e. The number of carbonyl (C=O) groups excluding carboxylic acids is 1. The van der Waals surface area contributed by atoms with Gasteiger partial charge in [0.2, 0.25) is 5.91 Å². The Bertz CT molecular complexity index is 822. The molecule has 7 nitrogen and oxygen atoms in total. The van der Waals surface area contributed by atoms with E-state index in [0.29, 0.717) is 18.1 Å². The topological polar surface area (TPSA) is 71.7 Å². The lowest BCUT2D eigenvalue weighted by Gasteiger charge is -2.37. The van der Waals surface area contributed by atoms with E-state index in [1.165, 1.54) is 11.3 Å². The second-order valence-corrected chi connectivity index (χ2v) is 7.61. The predicted molar refractivity (Wildman–Crippen MR) is 112 cm³/mol. The third kappa shape index (κ3) is 4.23. The summed E-state index contributed by atoms with van der Waals surface area (Å²) in [5.74, 6) is 0.0767. The second kappa shape index (κ2) is 8.36. The van der Waals surface area contributed by atoms with Crippen LogP contribution in [0.25, 0.3) is 0 Å². The minimum atomic E-state index is -0.402. The Morgan fingerprint density at radius 2 is 1.82 bits per heavy atom. The summed E-state index contributed by atoms with van der Waals surface area (Å²) in [6, 6.07) is 15.5. The van der Waals surface area contributed by atoms with Crippen LogP contribution in [-0.2, 0) is 4.79 Å². The van der Waals surface area contributed by atoms with Crippen LogP contribution >= 0.6 is 11.6 Å². The Morgan fingerprint density at radius 3 is 2.54 bits per heavy atom. The van der Waals surface area contributed by atoms with Crippen molar-refractivity contribution in [1.29, 1.82) is 0 Å². The van der Waals surface area contributed by atoms with E-state index < -0.39 is 6.04 Å². The van der Waals surface area contributed by atoms with Crippen molar-refractivity contribution in [3.8, 4) is 0 Å². The van der Waals surface area contributed by atoms with Gasteiger partial charge in [-0.3, -0.25) is 4.79 Å². The van der Waals surface area contributed by atoms with Crippen molar-refractivity contribution in [2.24, 2.45) is 0 Å². The molecule has 2 fully saturated rings. The summed E-state index contributed by atoms with van der Waals surface area (Å²) in [4.78, 5) is 17.3. The molecule has 0 spiro atoms. The van der Waals surface area contributed by atoms with Gasteiger partial charge in [-0.2, -0.15) is 5.53 Å². The van der Waals surface area contributed by atoms with E-state index in [0.717, 1.165) is 18.8 Å². The first kappa shape index (κ1) is 19.0. The first-order chi connectivity index (χ1) is 13.6. The molecule has 8 heteroatoms. The molecule has 0 aliphatic carbocycles. The molecule has 2 atom stereocenters. The van der Waals surface area contributed by atoms with Gasteiger partial charge in [0.25, 0.3) is 0 Å². The van der Waals surface area contributed by atoms with E-state index in [9.17, 15) is 4.79 Å². The van der Waals surface area contributed by atoms with Gasteiger partial charge in [0, 0.05) is 42.6 Å². The highest BCUT2D eigenvalue weighted by Gasteiger charge is 2.36. The Kier molecular flexibility index (Phi) is 5.68. The standard InChI is InChI=1S/C20H25ClN6O/c1-14-3-2-4-17(13-14)26-9-11-27(12-10-26)20(28)18-19(24-25-23-18)22-16-7-5-15(21)6-8-16/h2-8,13,18-19,22-25H,9-12H2,1H3. The average molecular weight is 401 g/mol. The highest BCUT2D eigenvalue weighted by Crippen LogP contribution is 2.19. The summed E-state index contributed by atoms with van der Waals surface area (Å²) in [6.45, 7) is 5.18. The highest BCUT2D eigenvalue weighted by atomic mass is 35.5. The zero-order valence-corrected chi connectivity index (χ0v) is 16.5. The number of halogens is 1. The predicted octanol–water partition coefficient (Wildman–Crippen LogP) is 1.72. The molecule has 2 aromatic carbocycles. The van der Waals surface area contributed by atoms with E-state index in [2.05, 4.69) is 57.8 Å². The lowest BCUT2D eigenvalue weighted by molar-refractivity contribution is -0.133. The monoisotopic (exact) mass is 400 g/mol. The number of anilines is 2. The summed E-state index contributed by atoms with van der Waals surface area (Å²) in [5.41, 5.74) is 12.3. The van der Waals surface area contributed by atoms with Gasteiger partial charge in [-0.15, -0.1) is 0 Å². The number of hydrogen-bond acceptors (Lipinski definition) is 6. The quantitative estimate of drug-likeness (QED) is 0.626. The molecule has 28 heavy (non-hydrogen) atoms. The number of aryl methyl sites for hydroxylation is 1. The van der Waals surface area contributed by atoms with Crippen LogP contribution in [-0.4, -0.2) is 49.2 Å². The van der Waals surface area contributed by atoms with Gasteiger partial charge < -0.3 is 15.1 Å². The maximum absolute atomic E-state index is 13.1. The van der Waals surface area contributed by atoms with Crippen LogP contribution in [0.3, 0.4) is 0 Å².